The number of thioether (sulfide) groups is 1. The number of ether oxygens (including phenoxy) is 2. The standard InChI is InChI=1S/C42H78O6S/c1-3-5-7-9-11-13-15-17-19-21-23-25-27-29-31-33-39(43)47-41(45)35-37-49-38-36-42(46)48-40(44)34-32-30-28-26-24-22-20-18-16-14-12-10-8-6-4-2/h3-38H2,1-2H3. The normalized spacial score (nSPS) is 11.1. The summed E-state index contributed by atoms with van der Waals surface area (Å²) in [5.74, 6) is -0.988. The lowest BCUT2D eigenvalue weighted by Crippen LogP contribution is -2.14. The number of carbonyl (C=O) groups is 4. The highest BCUT2D eigenvalue weighted by Crippen LogP contribution is 2.16. The molecule has 0 spiro atoms. The van der Waals surface area contributed by atoms with Crippen molar-refractivity contribution in [3.05, 3.63) is 0 Å². The molecule has 0 unspecified atom stereocenters. The maximum absolute atomic E-state index is 11.9. The number of hydrogen-bond acceptors (Lipinski definition) is 7. The fourth-order valence-corrected chi connectivity index (χ4v) is 6.98. The molecule has 0 aromatic carbocycles. The van der Waals surface area contributed by atoms with Gasteiger partial charge in [-0.25, -0.2) is 0 Å². The molecule has 0 aliphatic rings. The van der Waals surface area contributed by atoms with Gasteiger partial charge in [0.2, 0.25) is 0 Å². The van der Waals surface area contributed by atoms with Crippen LogP contribution in [0, 0.1) is 0 Å². The first-order chi connectivity index (χ1) is 24.0. The van der Waals surface area contributed by atoms with Gasteiger partial charge in [0, 0.05) is 24.3 Å². The lowest BCUT2D eigenvalue weighted by molar-refractivity contribution is -0.161. The highest BCUT2D eigenvalue weighted by atomic mass is 32.2. The van der Waals surface area contributed by atoms with Crippen LogP contribution >= 0.6 is 11.8 Å². The van der Waals surface area contributed by atoms with Crippen LogP contribution in [0.2, 0.25) is 0 Å². The number of esters is 4. The molecule has 0 saturated carbocycles. The van der Waals surface area contributed by atoms with Crippen molar-refractivity contribution in [1.29, 1.82) is 0 Å². The van der Waals surface area contributed by atoms with Gasteiger partial charge in [-0.05, 0) is 12.8 Å². The Labute approximate surface area is 307 Å². The average Bonchev–Trinajstić information content (AvgIpc) is 3.08. The van der Waals surface area contributed by atoms with E-state index in [1.807, 2.05) is 0 Å². The van der Waals surface area contributed by atoms with Crippen molar-refractivity contribution in [3.8, 4) is 0 Å². The largest absolute Gasteiger partial charge is 0.393 e. The number of rotatable bonds is 38. The minimum absolute atomic E-state index is 0.127. The van der Waals surface area contributed by atoms with E-state index in [4.69, 9.17) is 9.47 Å². The molecule has 0 amide bonds. The van der Waals surface area contributed by atoms with Crippen molar-refractivity contribution in [3.63, 3.8) is 0 Å². The molecule has 0 saturated heterocycles. The third-order valence-electron chi connectivity index (χ3n) is 9.33. The van der Waals surface area contributed by atoms with Crippen LogP contribution in [0.15, 0.2) is 0 Å². The Hall–Kier alpha value is -1.37. The molecule has 0 aliphatic carbocycles. The molecular weight excluding hydrogens is 633 g/mol. The van der Waals surface area contributed by atoms with E-state index in [0.717, 1.165) is 38.5 Å². The van der Waals surface area contributed by atoms with E-state index in [0.29, 0.717) is 11.5 Å². The van der Waals surface area contributed by atoms with E-state index in [2.05, 4.69) is 13.8 Å². The fraction of sp³-hybridized carbons (Fsp3) is 0.905. The summed E-state index contributed by atoms with van der Waals surface area (Å²) in [7, 11) is 0. The monoisotopic (exact) mass is 711 g/mol. The molecule has 7 heteroatoms. The topological polar surface area (TPSA) is 86.7 Å². The van der Waals surface area contributed by atoms with Gasteiger partial charge >= 0.3 is 23.9 Å². The summed E-state index contributed by atoms with van der Waals surface area (Å²) in [5.41, 5.74) is 0. The molecule has 0 N–H and O–H groups in total. The van der Waals surface area contributed by atoms with Gasteiger partial charge < -0.3 is 9.47 Å². The molecule has 6 nitrogen and oxygen atoms in total. The molecule has 0 aromatic heterocycles. The Bertz CT molecular complexity index is 708. The Kier molecular flexibility index (Phi) is 38.3. The summed E-state index contributed by atoms with van der Waals surface area (Å²) in [4.78, 5) is 47.8. The Morgan fingerprint density at radius 1 is 0.306 bits per heavy atom. The fourth-order valence-electron chi connectivity index (χ4n) is 6.15. The Morgan fingerprint density at radius 2 is 0.510 bits per heavy atom. The van der Waals surface area contributed by atoms with Gasteiger partial charge in [0.15, 0.2) is 0 Å². The molecule has 0 aromatic rings. The van der Waals surface area contributed by atoms with Crippen LogP contribution in [0.3, 0.4) is 0 Å². The van der Waals surface area contributed by atoms with Gasteiger partial charge in [0.05, 0.1) is 12.8 Å². The maximum atomic E-state index is 11.9. The SMILES string of the molecule is CCCCCCCCCCCCCCCCCC(=O)OC(=O)CCSCCC(=O)OC(=O)CCCCCCCCCCCCCCCCC. The minimum Gasteiger partial charge on any atom is -0.393 e. The van der Waals surface area contributed by atoms with Gasteiger partial charge in [-0.2, -0.15) is 11.8 Å². The van der Waals surface area contributed by atoms with Gasteiger partial charge in [-0.15, -0.1) is 0 Å². The molecule has 288 valence electrons. The van der Waals surface area contributed by atoms with Gasteiger partial charge in [0.25, 0.3) is 0 Å². The maximum Gasteiger partial charge on any atom is 0.314 e. The van der Waals surface area contributed by atoms with Crippen LogP contribution in [0.25, 0.3) is 0 Å². The van der Waals surface area contributed by atoms with Gasteiger partial charge in [-0.1, -0.05) is 194 Å². The molecule has 49 heavy (non-hydrogen) atoms. The molecule has 0 heterocycles. The lowest BCUT2D eigenvalue weighted by atomic mass is 10.0. The zero-order valence-electron chi connectivity index (χ0n) is 32.3. The van der Waals surface area contributed by atoms with E-state index in [1.165, 1.54) is 166 Å². The summed E-state index contributed by atoms with van der Waals surface area (Å²) in [5, 5.41) is 0. The van der Waals surface area contributed by atoms with E-state index >= 15 is 0 Å². The predicted octanol–water partition coefficient (Wildman–Crippen LogP) is 13.2. The van der Waals surface area contributed by atoms with Crippen molar-refractivity contribution in [2.24, 2.45) is 0 Å². The Balaban J connectivity index is 3.45. The van der Waals surface area contributed by atoms with Crippen LogP contribution < -0.4 is 0 Å². The zero-order chi connectivity index (χ0) is 35.9. The van der Waals surface area contributed by atoms with E-state index in [-0.39, 0.29) is 25.7 Å². The molecule has 0 aliphatic heterocycles. The second-order valence-corrected chi connectivity index (χ2v) is 15.4. The molecule has 0 radical (unpaired) electrons. The summed E-state index contributed by atoms with van der Waals surface area (Å²) < 4.78 is 9.85. The van der Waals surface area contributed by atoms with Crippen LogP contribution in [0.5, 0.6) is 0 Å². The zero-order valence-corrected chi connectivity index (χ0v) is 33.1. The lowest BCUT2D eigenvalue weighted by Gasteiger charge is -2.05. The number of unbranched alkanes of at least 4 members (excludes halogenated alkanes) is 28. The summed E-state index contributed by atoms with van der Waals surface area (Å²) in [6.07, 6.45) is 38.9. The van der Waals surface area contributed by atoms with E-state index < -0.39 is 23.9 Å². The first-order valence-electron chi connectivity index (χ1n) is 21.0. The second-order valence-electron chi connectivity index (χ2n) is 14.2. The first kappa shape index (κ1) is 47.6. The highest BCUT2D eigenvalue weighted by Gasteiger charge is 2.12. The third-order valence-corrected chi connectivity index (χ3v) is 10.3. The van der Waals surface area contributed by atoms with Crippen molar-refractivity contribution >= 4 is 35.6 Å². The second kappa shape index (κ2) is 39.4. The van der Waals surface area contributed by atoms with Gasteiger partial charge in [-0.3, -0.25) is 19.2 Å². The summed E-state index contributed by atoms with van der Waals surface area (Å²) in [6.45, 7) is 4.53. The molecule has 0 rings (SSSR count). The molecule has 0 atom stereocenters. The minimum atomic E-state index is -0.514. The summed E-state index contributed by atoms with van der Waals surface area (Å²) >= 11 is 1.42. The average molecular weight is 711 g/mol. The highest BCUT2D eigenvalue weighted by molar-refractivity contribution is 7.99. The molecule has 0 fully saturated rings. The van der Waals surface area contributed by atoms with Crippen molar-refractivity contribution in [1.82, 2.24) is 0 Å². The molecule has 0 bridgehead atoms. The Morgan fingerprint density at radius 3 is 0.755 bits per heavy atom. The van der Waals surface area contributed by atoms with E-state index in [1.54, 1.807) is 0 Å². The van der Waals surface area contributed by atoms with Gasteiger partial charge in [0.1, 0.15) is 0 Å². The van der Waals surface area contributed by atoms with E-state index in [9.17, 15) is 19.2 Å². The number of carbonyl (C=O) groups excluding carboxylic acids is 4. The van der Waals surface area contributed by atoms with Crippen LogP contribution in [0.1, 0.15) is 232 Å². The number of hydrogen-bond donors (Lipinski definition) is 0. The van der Waals surface area contributed by atoms with Crippen molar-refractivity contribution in [2.75, 3.05) is 11.5 Å². The first-order valence-corrected chi connectivity index (χ1v) is 22.2. The summed E-state index contributed by atoms with van der Waals surface area (Å²) in [6, 6.07) is 0. The van der Waals surface area contributed by atoms with Crippen LogP contribution in [0.4, 0.5) is 0 Å². The predicted molar refractivity (Wildman–Crippen MR) is 208 cm³/mol. The quantitative estimate of drug-likeness (QED) is 0.0358. The smallest absolute Gasteiger partial charge is 0.314 e. The van der Waals surface area contributed by atoms with Crippen LogP contribution in [-0.4, -0.2) is 35.4 Å². The van der Waals surface area contributed by atoms with Crippen molar-refractivity contribution in [2.45, 2.75) is 232 Å². The van der Waals surface area contributed by atoms with Crippen LogP contribution in [-0.2, 0) is 28.7 Å². The molecular formula is C42H78O6S. The van der Waals surface area contributed by atoms with Crippen molar-refractivity contribution < 1.29 is 28.7 Å². The third kappa shape index (κ3) is 39.3.